The van der Waals surface area contributed by atoms with E-state index in [0.29, 0.717) is 0 Å². The summed E-state index contributed by atoms with van der Waals surface area (Å²) in [5.41, 5.74) is 27.4. The molecule has 0 aliphatic carbocycles. The lowest BCUT2D eigenvalue weighted by molar-refractivity contribution is 0.569. The molecule has 0 amide bonds. The second-order valence-corrected chi connectivity index (χ2v) is 30.2. The normalized spacial score (nSPS) is 13.6. The molecule has 0 fully saturated rings. The lowest BCUT2D eigenvalue weighted by Gasteiger charge is -2.42. The van der Waals surface area contributed by atoms with Crippen molar-refractivity contribution in [3.63, 3.8) is 0 Å². The van der Waals surface area contributed by atoms with Gasteiger partial charge in [-0.15, -0.1) is 0 Å². The zero-order valence-electron chi connectivity index (χ0n) is 52.0. The zero-order valence-corrected chi connectivity index (χ0v) is 52.8. The third-order valence-corrected chi connectivity index (χ3v) is 19.2. The molecule has 418 valence electrons. The van der Waals surface area contributed by atoms with E-state index in [-0.39, 0.29) is 33.8 Å². The Morgan fingerprint density at radius 1 is 0.321 bits per heavy atom. The highest BCUT2D eigenvalue weighted by molar-refractivity contribution is 8.00. The Morgan fingerprint density at radius 2 is 0.845 bits per heavy atom. The summed E-state index contributed by atoms with van der Waals surface area (Å²) >= 11 is 1.94. The van der Waals surface area contributed by atoms with Crippen molar-refractivity contribution in [2.75, 3.05) is 4.90 Å². The van der Waals surface area contributed by atoms with Crippen molar-refractivity contribution in [2.24, 2.45) is 0 Å². The van der Waals surface area contributed by atoms with Crippen molar-refractivity contribution in [1.82, 2.24) is 4.57 Å². The molecule has 3 heterocycles. The molecule has 11 aromatic rings. The average Bonchev–Trinajstić information content (AvgIpc) is 1.05. The van der Waals surface area contributed by atoms with Crippen LogP contribution in [-0.2, 0) is 27.1 Å². The predicted octanol–water partition coefficient (Wildman–Crippen LogP) is 20.7. The van der Waals surface area contributed by atoms with E-state index >= 15 is 0 Å². The van der Waals surface area contributed by atoms with Gasteiger partial charge in [0.2, 0.25) is 6.71 Å². The van der Waals surface area contributed by atoms with Gasteiger partial charge in [0.05, 0.1) is 16.7 Å². The molecule has 84 heavy (non-hydrogen) atoms. The summed E-state index contributed by atoms with van der Waals surface area (Å²) in [6.07, 6.45) is 0. The van der Waals surface area contributed by atoms with Gasteiger partial charge in [-0.1, -0.05) is 285 Å². The van der Waals surface area contributed by atoms with Crippen LogP contribution in [0.25, 0.3) is 72.0 Å². The van der Waals surface area contributed by atoms with Gasteiger partial charge in [0, 0.05) is 48.8 Å². The number of hydrogen-bond donors (Lipinski definition) is 0. The smallest absolute Gasteiger partial charge is 0.249 e. The Balaban J connectivity index is 1.16. The third kappa shape index (κ3) is 9.73. The van der Waals surface area contributed by atoms with E-state index < -0.39 is 0 Å². The van der Waals surface area contributed by atoms with Gasteiger partial charge in [-0.2, -0.15) is 0 Å². The minimum Gasteiger partial charge on any atom is -0.310 e. The fourth-order valence-corrected chi connectivity index (χ4v) is 14.3. The van der Waals surface area contributed by atoms with Crippen LogP contribution in [-0.4, -0.2) is 11.3 Å². The van der Waals surface area contributed by atoms with Gasteiger partial charge in [0.1, 0.15) is 0 Å². The average molecular weight is 1110 g/mol. The summed E-state index contributed by atoms with van der Waals surface area (Å²) in [6, 6.07) is 80.2. The van der Waals surface area contributed by atoms with E-state index in [2.05, 4.69) is 320 Å². The monoisotopic (exact) mass is 1110 g/mol. The quantitative estimate of drug-likeness (QED) is 0.153. The van der Waals surface area contributed by atoms with Gasteiger partial charge in [-0.25, -0.2) is 0 Å². The molecule has 2 aliphatic heterocycles. The molecule has 0 radical (unpaired) electrons. The van der Waals surface area contributed by atoms with E-state index in [1.807, 2.05) is 11.8 Å². The van der Waals surface area contributed by atoms with E-state index in [9.17, 15) is 0 Å². The fraction of sp³-hybridized carbons (Fsp3) is 0.250. The summed E-state index contributed by atoms with van der Waals surface area (Å²) < 4.78 is 2.55. The van der Waals surface area contributed by atoms with Gasteiger partial charge in [0.25, 0.3) is 0 Å². The van der Waals surface area contributed by atoms with Crippen molar-refractivity contribution < 1.29 is 0 Å². The molecule has 0 saturated carbocycles. The van der Waals surface area contributed by atoms with Gasteiger partial charge in [0.15, 0.2) is 0 Å². The van der Waals surface area contributed by atoms with Crippen molar-refractivity contribution in [1.29, 1.82) is 0 Å². The van der Waals surface area contributed by atoms with Gasteiger partial charge in [-0.05, 0) is 142 Å². The predicted molar refractivity (Wildman–Crippen MR) is 366 cm³/mol. The Kier molecular flexibility index (Phi) is 13.1. The Morgan fingerprint density at radius 3 is 1.44 bits per heavy atom. The number of para-hydroxylation sites is 2. The van der Waals surface area contributed by atoms with Crippen LogP contribution in [0.2, 0.25) is 0 Å². The number of fused-ring (bicyclic) bond motifs is 7. The molecular weight excluding hydrogens is 1030 g/mol. The van der Waals surface area contributed by atoms with Crippen molar-refractivity contribution in [3.05, 3.63) is 234 Å². The molecule has 0 N–H and O–H groups in total. The fourth-order valence-electron chi connectivity index (χ4n) is 13.0. The molecule has 4 heteroatoms. The van der Waals surface area contributed by atoms with Crippen molar-refractivity contribution in [2.45, 2.75) is 141 Å². The Hall–Kier alpha value is -7.79. The van der Waals surface area contributed by atoms with E-state index in [0.717, 1.165) is 5.69 Å². The van der Waals surface area contributed by atoms with E-state index in [1.165, 1.54) is 137 Å². The highest BCUT2D eigenvalue weighted by Gasteiger charge is 2.43. The largest absolute Gasteiger partial charge is 0.310 e. The molecule has 0 unspecified atom stereocenters. The first-order valence-corrected chi connectivity index (χ1v) is 31.2. The van der Waals surface area contributed by atoms with Crippen LogP contribution in [0.4, 0.5) is 17.1 Å². The van der Waals surface area contributed by atoms with Crippen LogP contribution in [0.3, 0.4) is 0 Å². The van der Waals surface area contributed by atoms with Crippen LogP contribution in [0, 0.1) is 0 Å². The summed E-state index contributed by atoms with van der Waals surface area (Å²) in [6.45, 7) is 34.8. The molecule has 0 saturated heterocycles. The second kappa shape index (κ2) is 19.9. The molecule has 0 spiro atoms. The van der Waals surface area contributed by atoms with Crippen LogP contribution < -0.4 is 21.3 Å². The number of hydrogen-bond acceptors (Lipinski definition) is 2. The van der Waals surface area contributed by atoms with Crippen LogP contribution in [0.15, 0.2) is 216 Å². The lowest BCUT2D eigenvalue weighted by Crippen LogP contribution is -2.60. The SMILES string of the molecule is CC(C)(C)c1ccc(-c2cccc(-c3ccc(C(C)(C)C)cc3)c2N2c3ccc(-c4cc(C(C)(C)C)cc(C(C)(C)C)c4)cc3B3c4ccc(-c5ccccc5)cc4Sc4cc(-n5c6ccccc6c6cc(C(C)(C)C)ccc65)cc2c43)cc1. The van der Waals surface area contributed by atoms with Crippen LogP contribution >= 0.6 is 11.8 Å². The molecule has 2 nitrogen and oxygen atoms in total. The van der Waals surface area contributed by atoms with Crippen molar-refractivity contribution >= 4 is 73.7 Å². The summed E-state index contributed by atoms with van der Waals surface area (Å²) in [7, 11) is 0. The molecular formula is C80H79BN2S. The van der Waals surface area contributed by atoms with Crippen LogP contribution in [0.1, 0.15) is 132 Å². The number of anilines is 3. The zero-order chi connectivity index (χ0) is 59.0. The first-order chi connectivity index (χ1) is 39.8. The molecule has 10 aromatic carbocycles. The summed E-state index contributed by atoms with van der Waals surface area (Å²) in [5.74, 6) is 0. The maximum Gasteiger partial charge on any atom is 0.249 e. The maximum absolute atomic E-state index is 2.69. The van der Waals surface area contributed by atoms with E-state index in [4.69, 9.17) is 0 Å². The number of aromatic nitrogens is 1. The van der Waals surface area contributed by atoms with Gasteiger partial charge < -0.3 is 9.47 Å². The molecule has 13 rings (SSSR count). The summed E-state index contributed by atoms with van der Waals surface area (Å²) in [5, 5.41) is 2.54. The third-order valence-electron chi connectivity index (χ3n) is 18.0. The first-order valence-electron chi connectivity index (χ1n) is 30.3. The van der Waals surface area contributed by atoms with Gasteiger partial charge >= 0.3 is 0 Å². The molecule has 0 bridgehead atoms. The minimum absolute atomic E-state index is 0.00566. The van der Waals surface area contributed by atoms with Gasteiger partial charge in [-0.3, -0.25) is 0 Å². The molecule has 1 aromatic heterocycles. The Bertz CT molecular complexity index is 4280. The second-order valence-electron chi connectivity index (χ2n) is 29.1. The Labute approximate surface area is 505 Å². The number of benzene rings is 10. The van der Waals surface area contributed by atoms with E-state index in [1.54, 1.807) is 0 Å². The lowest BCUT2D eigenvalue weighted by atomic mass is 9.34. The summed E-state index contributed by atoms with van der Waals surface area (Å²) in [4.78, 5) is 5.26. The number of rotatable bonds is 6. The highest BCUT2D eigenvalue weighted by atomic mass is 32.2. The van der Waals surface area contributed by atoms with Crippen molar-refractivity contribution in [3.8, 4) is 50.2 Å². The minimum atomic E-state index is -0.0653. The topological polar surface area (TPSA) is 8.17 Å². The molecule has 0 atom stereocenters. The molecule has 2 aliphatic rings. The standard InChI is InChI=1S/C80H79BN2S/c1-76(2,3)56-34-28-51(29-35-56)62-25-21-26-63(52-30-36-57(37-31-52)77(4,5)6)75(62)83-70-40-33-53(55-42-59(79(10,11)12)46-60(43-55)80(13,14)15)44-67(70)81-66-39-32-54(50-22-17-16-18-23-50)45-72(66)84-73-49-61(48-71(83)74(73)81)82-68-27-20-19-24-64(68)65-47-58(78(7,8)9)38-41-69(65)82/h16-49H,1-15H3. The highest BCUT2D eigenvalue weighted by Crippen LogP contribution is 2.51. The first kappa shape index (κ1) is 55.4. The number of nitrogens with zero attached hydrogens (tertiary/aromatic N) is 2. The maximum atomic E-state index is 2.69. The van der Waals surface area contributed by atoms with Crippen LogP contribution in [0.5, 0.6) is 0 Å².